The topological polar surface area (TPSA) is 124 Å². The largest absolute Gasteiger partial charge is 0.504 e. The van der Waals surface area contributed by atoms with Gasteiger partial charge in [-0.3, -0.25) is 9.59 Å². The van der Waals surface area contributed by atoms with Gasteiger partial charge in [0.1, 0.15) is 0 Å². The van der Waals surface area contributed by atoms with Gasteiger partial charge in [-0.15, -0.1) is 0 Å². The minimum atomic E-state index is -0.887. The van der Waals surface area contributed by atoms with Gasteiger partial charge in [-0.25, -0.2) is 0 Å². The summed E-state index contributed by atoms with van der Waals surface area (Å²) in [5, 5.41) is 20.8. The fourth-order valence-electron chi connectivity index (χ4n) is 2.19. The summed E-state index contributed by atoms with van der Waals surface area (Å²) in [6, 6.07) is 5.01. The molecule has 1 aromatic rings. The van der Waals surface area contributed by atoms with Gasteiger partial charge in [-0.1, -0.05) is 6.07 Å². The standard InChI is InChI=1S/C19H29NO8/c1-25-17-14-15(2-4-16(17)21)3-5-18(22)20-7-9-27-11-13-28-12-10-26-8-6-19(23)24/h2,4,14,21H,3,5-13H2,1H3,(H,20,22)(H,23,24). The van der Waals surface area contributed by atoms with Gasteiger partial charge in [0.15, 0.2) is 11.5 Å². The molecule has 9 heteroatoms. The molecule has 1 rings (SSSR count). The van der Waals surface area contributed by atoms with Crippen molar-refractivity contribution in [3.63, 3.8) is 0 Å². The first-order chi connectivity index (χ1) is 13.5. The molecule has 1 amide bonds. The van der Waals surface area contributed by atoms with Gasteiger partial charge in [-0.2, -0.15) is 0 Å². The lowest BCUT2D eigenvalue weighted by atomic mass is 10.1. The molecule has 0 spiro atoms. The molecule has 0 bridgehead atoms. The van der Waals surface area contributed by atoms with Crippen molar-refractivity contribution < 1.29 is 38.7 Å². The summed E-state index contributed by atoms with van der Waals surface area (Å²) in [7, 11) is 1.48. The van der Waals surface area contributed by atoms with Crippen LogP contribution < -0.4 is 10.1 Å². The number of nitrogens with one attached hydrogen (secondary N) is 1. The van der Waals surface area contributed by atoms with E-state index in [0.717, 1.165) is 5.56 Å². The van der Waals surface area contributed by atoms with Crippen molar-refractivity contribution >= 4 is 11.9 Å². The highest BCUT2D eigenvalue weighted by Gasteiger charge is 2.06. The molecule has 28 heavy (non-hydrogen) atoms. The van der Waals surface area contributed by atoms with Gasteiger partial charge in [0.2, 0.25) is 5.91 Å². The smallest absolute Gasteiger partial charge is 0.305 e. The van der Waals surface area contributed by atoms with Crippen LogP contribution in [0.1, 0.15) is 18.4 Å². The predicted molar refractivity (Wildman–Crippen MR) is 101 cm³/mol. The molecule has 0 aliphatic carbocycles. The van der Waals surface area contributed by atoms with Gasteiger partial charge in [0.05, 0.1) is 53.2 Å². The number of benzene rings is 1. The second kappa shape index (κ2) is 14.7. The highest BCUT2D eigenvalue weighted by molar-refractivity contribution is 5.76. The van der Waals surface area contributed by atoms with Crippen molar-refractivity contribution in [1.29, 1.82) is 0 Å². The van der Waals surface area contributed by atoms with Crippen molar-refractivity contribution in [1.82, 2.24) is 5.32 Å². The van der Waals surface area contributed by atoms with Gasteiger partial charge >= 0.3 is 5.97 Å². The predicted octanol–water partition coefficient (Wildman–Crippen LogP) is 0.974. The molecule has 0 aliphatic rings. The van der Waals surface area contributed by atoms with E-state index in [9.17, 15) is 14.7 Å². The molecular formula is C19H29NO8. The number of carbonyl (C=O) groups is 2. The van der Waals surface area contributed by atoms with Crippen LogP contribution in [0.4, 0.5) is 0 Å². The Morgan fingerprint density at radius 1 is 0.964 bits per heavy atom. The Hall–Kier alpha value is -2.36. The Balaban J connectivity index is 1.95. The first-order valence-corrected chi connectivity index (χ1v) is 9.10. The molecule has 9 nitrogen and oxygen atoms in total. The van der Waals surface area contributed by atoms with E-state index < -0.39 is 5.97 Å². The van der Waals surface area contributed by atoms with Crippen LogP contribution in [0.3, 0.4) is 0 Å². The Bertz CT molecular complexity index is 593. The van der Waals surface area contributed by atoms with E-state index in [1.807, 2.05) is 0 Å². The summed E-state index contributed by atoms with van der Waals surface area (Å²) < 4.78 is 20.7. The summed E-state index contributed by atoms with van der Waals surface area (Å²) in [6.45, 7) is 2.50. The lowest BCUT2D eigenvalue weighted by molar-refractivity contribution is -0.138. The third-order valence-electron chi connectivity index (χ3n) is 3.66. The van der Waals surface area contributed by atoms with E-state index in [-0.39, 0.29) is 24.7 Å². The molecule has 0 fully saturated rings. The number of rotatable bonds is 16. The fraction of sp³-hybridized carbons (Fsp3) is 0.579. The summed E-state index contributed by atoms with van der Waals surface area (Å²) in [5.74, 6) is -0.504. The molecule has 0 atom stereocenters. The Kier molecular flexibility index (Phi) is 12.4. The second-order valence-electron chi connectivity index (χ2n) is 5.84. The first-order valence-electron chi connectivity index (χ1n) is 9.10. The van der Waals surface area contributed by atoms with Crippen molar-refractivity contribution in [2.45, 2.75) is 19.3 Å². The van der Waals surface area contributed by atoms with Crippen molar-refractivity contribution in [3.8, 4) is 11.5 Å². The number of phenols is 1. The number of ether oxygens (including phenoxy) is 4. The quantitative estimate of drug-likeness (QED) is 0.352. The lowest BCUT2D eigenvalue weighted by Gasteiger charge is -2.08. The molecule has 0 heterocycles. The number of carboxylic acid groups (broad SMARTS) is 1. The summed E-state index contributed by atoms with van der Waals surface area (Å²) in [5.41, 5.74) is 0.908. The summed E-state index contributed by atoms with van der Waals surface area (Å²) in [6.07, 6.45) is 0.864. The van der Waals surface area contributed by atoms with E-state index in [0.29, 0.717) is 58.2 Å². The third-order valence-corrected chi connectivity index (χ3v) is 3.66. The minimum absolute atomic E-state index is 0.0159. The van der Waals surface area contributed by atoms with E-state index in [4.69, 9.17) is 24.1 Å². The molecule has 1 aromatic carbocycles. The van der Waals surface area contributed by atoms with Crippen LogP contribution in [0.5, 0.6) is 11.5 Å². The molecule has 3 N–H and O–H groups in total. The average molecular weight is 399 g/mol. The van der Waals surface area contributed by atoms with Crippen molar-refractivity contribution in [2.75, 3.05) is 53.3 Å². The van der Waals surface area contributed by atoms with Crippen LogP contribution in [0, 0.1) is 0 Å². The number of hydrogen-bond acceptors (Lipinski definition) is 7. The minimum Gasteiger partial charge on any atom is -0.504 e. The maximum absolute atomic E-state index is 11.8. The van der Waals surface area contributed by atoms with Gasteiger partial charge in [0, 0.05) is 13.0 Å². The fourth-order valence-corrected chi connectivity index (χ4v) is 2.19. The van der Waals surface area contributed by atoms with Crippen LogP contribution in [0.15, 0.2) is 18.2 Å². The van der Waals surface area contributed by atoms with E-state index in [1.54, 1.807) is 18.2 Å². The first kappa shape index (κ1) is 23.7. The molecular weight excluding hydrogens is 370 g/mol. The number of carbonyl (C=O) groups excluding carboxylic acids is 1. The summed E-state index contributed by atoms with van der Waals surface area (Å²) in [4.78, 5) is 22.1. The zero-order chi connectivity index (χ0) is 20.6. The number of carboxylic acids is 1. The molecule has 0 unspecified atom stereocenters. The number of aliphatic carboxylic acids is 1. The highest BCUT2D eigenvalue weighted by Crippen LogP contribution is 2.26. The zero-order valence-electron chi connectivity index (χ0n) is 16.1. The Morgan fingerprint density at radius 2 is 1.61 bits per heavy atom. The molecule has 0 aliphatic heterocycles. The molecule has 0 radical (unpaired) electrons. The maximum atomic E-state index is 11.8. The van der Waals surface area contributed by atoms with Gasteiger partial charge in [-0.05, 0) is 24.1 Å². The van der Waals surface area contributed by atoms with Gasteiger partial charge < -0.3 is 34.5 Å². The van der Waals surface area contributed by atoms with Crippen LogP contribution in [-0.2, 0) is 30.2 Å². The number of methoxy groups -OCH3 is 1. The van der Waals surface area contributed by atoms with E-state index in [2.05, 4.69) is 5.32 Å². The van der Waals surface area contributed by atoms with E-state index >= 15 is 0 Å². The Labute approximate surface area is 164 Å². The average Bonchev–Trinajstić information content (AvgIpc) is 2.67. The molecule has 0 saturated heterocycles. The van der Waals surface area contributed by atoms with Crippen LogP contribution in [-0.4, -0.2) is 75.4 Å². The number of amides is 1. The van der Waals surface area contributed by atoms with Crippen LogP contribution in [0.25, 0.3) is 0 Å². The molecule has 0 aromatic heterocycles. The third kappa shape index (κ3) is 11.4. The van der Waals surface area contributed by atoms with Gasteiger partial charge in [0.25, 0.3) is 0 Å². The van der Waals surface area contributed by atoms with Crippen LogP contribution in [0.2, 0.25) is 0 Å². The summed E-state index contributed by atoms with van der Waals surface area (Å²) >= 11 is 0. The Morgan fingerprint density at radius 3 is 2.25 bits per heavy atom. The van der Waals surface area contributed by atoms with E-state index in [1.165, 1.54) is 7.11 Å². The number of hydrogen-bond donors (Lipinski definition) is 3. The zero-order valence-corrected chi connectivity index (χ0v) is 16.1. The molecule has 0 saturated carbocycles. The second-order valence-corrected chi connectivity index (χ2v) is 5.84. The number of aryl methyl sites for hydroxylation is 1. The van der Waals surface area contributed by atoms with Crippen molar-refractivity contribution in [3.05, 3.63) is 23.8 Å². The van der Waals surface area contributed by atoms with Crippen LogP contribution >= 0.6 is 0 Å². The number of aromatic hydroxyl groups is 1. The molecule has 158 valence electrons. The number of phenolic OH excluding ortho intramolecular Hbond substituents is 1. The highest BCUT2D eigenvalue weighted by atomic mass is 16.5. The SMILES string of the molecule is COc1cc(CCC(=O)NCCOCCOCCOCCC(=O)O)ccc1O. The van der Waals surface area contributed by atoms with Crippen molar-refractivity contribution in [2.24, 2.45) is 0 Å². The normalized spacial score (nSPS) is 10.6. The monoisotopic (exact) mass is 399 g/mol. The lowest BCUT2D eigenvalue weighted by Crippen LogP contribution is -2.27. The maximum Gasteiger partial charge on any atom is 0.305 e.